The number of fused-ring (bicyclic) bond motifs is 1. The van der Waals surface area contributed by atoms with E-state index in [1.807, 2.05) is 32.9 Å². The first-order valence-corrected chi connectivity index (χ1v) is 7.69. The first-order chi connectivity index (χ1) is 8.81. The van der Waals surface area contributed by atoms with Crippen LogP contribution in [0.2, 0.25) is 0 Å². The molecular weight excluding hydrogens is 376 g/mol. The minimum atomic E-state index is -0.542. The number of carbonyl (C=O) groups excluding carboxylic acids is 1. The van der Waals surface area contributed by atoms with Crippen molar-refractivity contribution in [1.29, 1.82) is 0 Å². The van der Waals surface area contributed by atoms with Crippen LogP contribution in [-0.4, -0.2) is 21.5 Å². The van der Waals surface area contributed by atoms with Gasteiger partial charge in [-0.05, 0) is 38.5 Å². The van der Waals surface area contributed by atoms with Crippen molar-refractivity contribution < 1.29 is 9.53 Å². The molecule has 0 spiro atoms. The van der Waals surface area contributed by atoms with Gasteiger partial charge in [0.05, 0.1) is 11.7 Å². The molecule has 0 unspecified atom stereocenters. The molecule has 1 aromatic heterocycles. The second-order valence-corrected chi connectivity index (χ2v) is 6.65. The molecule has 2 aromatic rings. The van der Waals surface area contributed by atoms with Gasteiger partial charge in [0.15, 0.2) is 0 Å². The number of hydrogen-bond acceptors (Lipinski definition) is 3. The quantitative estimate of drug-likeness (QED) is 0.675. The van der Waals surface area contributed by atoms with E-state index in [1.54, 1.807) is 6.20 Å². The van der Waals surface area contributed by atoms with E-state index in [0.29, 0.717) is 5.33 Å². The van der Waals surface area contributed by atoms with Crippen LogP contribution < -0.4 is 0 Å². The summed E-state index contributed by atoms with van der Waals surface area (Å²) in [7, 11) is 0. The van der Waals surface area contributed by atoms with Gasteiger partial charge in [-0.15, -0.1) is 0 Å². The predicted molar refractivity (Wildman–Crippen MR) is 81.7 cm³/mol. The summed E-state index contributed by atoms with van der Waals surface area (Å²) in [5.41, 5.74) is 1.21. The van der Waals surface area contributed by atoms with Crippen LogP contribution in [-0.2, 0) is 10.1 Å². The summed E-state index contributed by atoms with van der Waals surface area (Å²) in [5, 5.41) is 5.66. The van der Waals surface area contributed by atoms with E-state index in [-0.39, 0.29) is 0 Å². The summed E-state index contributed by atoms with van der Waals surface area (Å²) in [5.74, 6) is 0. The normalized spacial score (nSPS) is 11.8. The van der Waals surface area contributed by atoms with Crippen LogP contribution in [0.1, 0.15) is 26.3 Å². The van der Waals surface area contributed by atoms with Crippen LogP contribution in [0.4, 0.5) is 4.79 Å². The lowest BCUT2D eigenvalue weighted by atomic mass is 10.2. The molecule has 0 N–H and O–H groups in total. The minimum absolute atomic E-state index is 0.466. The molecule has 0 aliphatic heterocycles. The van der Waals surface area contributed by atoms with E-state index >= 15 is 0 Å². The molecule has 0 bridgehead atoms. The number of aromatic nitrogens is 2. The highest BCUT2D eigenvalue weighted by Crippen LogP contribution is 2.26. The van der Waals surface area contributed by atoms with Crippen molar-refractivity contribution in [2.45, 2.75) is 31.7 Å². The fourth-order valence-electron chi connectivity index (χ4n) is 1.76. The zero-order valence-corrected chi connectivity index (χ0v) is 14.1. The molecule has 0 aliphatic carbocycles. The van der Waals surface area contributed by atoms with Gasteiger partial charge in [0.2, 0.25) is 0 Å². The smallest absolute Gasteiger partial charge is 0.435 e. The predicted octanol–water partition coefficient (Wildman–Crippen LogP) is 4.48. The number of hydrogen-bond donors (Lipinski definition) is 0. The van der Waals surface area contributed by atoms with Crippen LogP contribution in [0.3, 0.4) is 0 Å². The van der Waals surface area contributed by atoms with Gasteiger partial charge in [-0.2, -0.15) is 9.78 Å². The number of ether oxygens (including phenoxy) is 1. The van der Waals surface area contributed by atoms with Crippen LogP contribution >= 0.6 is 31.9 Å². The van der Waals surface area contributed by atoms with Gasteiger partial charge in [0, 0.05) is 15.2 Å². The lowest BCUT2D eigenvalue weighted by Crippen LogP contribution is -2.27. The largest absolute Gasteiger partial charge is 0.442 e. The fourth-order valence-corrected chi connectivity index (χ4v) is 2.71. The van der Waals surface area contributed by atoms with E-state index in [2.05, 4.69) is 37.0 Å². The van der Waals surface area contributed by atoms with Gasteiger partial charge in [0.1, 0.15) is 5.60 Å². The minimum Gasteiger partial charge on any atom is -0.442 e. The molecule has 4 nitrogen and oxygen atoms in total. The number of rotatable bonds is 1. The van der Waals surface area contributed by atoms with Crippen molar-refractivity contribution in [3.63, 3.8) is 0 Å². The van der Waals surface area contributed by atoms with Gasteiger partial charge >= 0.3 is 6.09 Å². The molecule has 1 heterocycles. The second kappa shape index (κ2) is 5.25. The maximum Gasteiger partial charge on any atom is 0.435 e. The molecule has 0 fully saturated rings. The molecule has 6 heteroatoms. The second-order valence-electron chi connectivity index (χ2n) is 5.17. The van der Waals surface area contributed by atoms with Gasteiger partial charge in [-0.25, -0.2) is 4.79 Å². The lowest BCUT2D eigenvalue weighted by Gasteiger charge is -2.19. The number of halogens is 2. The molecule has 0 aliphatic rings. The van der Waals surface area contributed by atoms with Crippen LogP contribution in [0.25, 0.3) is 10.9 Å². The van der Waals surface area contributed by atoms with Crippen LogP contribution in [0, 0.1) is 0 Å². The molecule has 19 heavy (non-hydrogen) atoms. The monoisotopic (exact) mass is 388 g/mol. The molecule has 102 valence electrons. The van der Waals surface area contributed by atoms with E-state index in [9.17, 15) is 4.79 Å². The van der Waals surface area contributed by atoms with Crippen molar-refractivity contribution in [2.75, 3.05) is 0 Å². The van der Waals surface area contributed by atoms with E-state index < -0.39 is 11.7 Å². The lowest BCUT2D eigenvalue weighted by molar-refractivity contribution is 0.0522. The maximum atomic E-state index is 12.1. The molecule has 0 atom stereocenters. The number of benzene rings is 1. The molecule has 0 saturated heterocycles. The first-order valence-electron chi connectivity index (χ1n) is 5.77. The first kappa shape index (κ1) is 14.5. The SMILES string of the molecule is CC(C)(C)OC(=O)n1ncc2cc(Br)cc(CBr)c21. The average Bonchev–Trinajstić information content (AvgIpc) is 2.69. The molecule has 0 saturated carbocycles. The highest BCUT2D eigenvalue weighted by Gasteiger charge is 2.21. The van der Waals surface area contributed by atoms with Gasteiger partial charge < -0.3 is 4.74 Å². The average molecular weight is 390 g/mol. The van der Waals surface area contributed by atoms with Crippen molar-refractivity contribution in [3.8, 4) is 0 Å². The van der Waals surface area contributed by atoms with E-state index in [0.717, 1.165) is 20.9 Å². The number of alkyl halides is 1. The highest BCUT2D eigenvalue weighted by atomic mass is 79.9. The summed E-state index contributed by atoms with van der Waals surface area (Å²) in [6, 6.07) is 3.88. The van der Waals surface area contributed by atoms with E-state index in [4.69, 9.17) is 4.74 Å². The number of carbonyl (C=O) groups is 1. The fraction of sp³-hybridized carbons (Fsp3) is 0.385. The molecule has 0 amide bonds. The van der Waals surface area contributed by atoms with Gasteiger partial charge in [0.25, 0.3) is 0 Å². The third kappa shape index (κ3) is 3.17. The molecule has 0 radical (unpaired) electrons. The Hall–Kier alpha value is -0.880. The Labute approximate surface area is 128 Å². The Balaban J connectivity index is 2.53. The zero-order valence-electron chi connectivity index (χ0n) is 10.9. The Morgan fingerprint density at radius 1 is 1.42 bits per heavy atom. The van der Waals surface area contributed by atoms with Crippen molar-refractivity contribution in [2.24, 2.45) is 0 Å². The Bertz CT molecular complexity index is 629. The van der Waals surface area contributed by atoms with Gasteiger partial charge in [-0.1, -0.05) is 31.9 Å². The Morgan fingerprint density at radius 3 is 2.68 bits per heavy atom. The third-order valence-electron chi connectivity index (χ3n) is 2.42. The van der Waals surface area contributed by atoms with Crippen molar-refractivity contribution in [3.05, 3.63) is 28.4 Å². The van der Waals surface area contributed by atoms with Crippen molar-refractivity contribution >= 4 is 48.9 Å². The van der Waals surface area contributed by atoms with Crippen LogP contribution in [0.5, 0.6) is 0 Å². The summed E-state index contributed by atoms with van der Waals surface area (Å²) in [4.78, 5) is 12.1. The topological polar surface area (TPSA) is 44.1 Å². The summed E-state index contributed by atoms with van der Waals surface area (Å²) < 4.78 is 7.62. The van der Waals surface area contributed by atoms with Gasteiger partial charge in [-0.3, -0.25) is 0 Å². The summed E-state index contributed by atoms with van der Waals surface area (Å²) in [6.07, 6.45) is 1.20. The number of nitrogens with zero attached hydrogens (tertiary/aromatic N) is 2. The van der Waals surface area contributed by atoms with Crippen LogP contribution in [0.15, 0.2) is 22.8 Å². The zero-order chi connectivity index (χ0) is 14.2. The summed E-state index contributed by atoms with van der Waals surface area (Å²) >= 11 is 6.87. The van der Waals surface area contributed by atoms with Crippen molar-refractivity contribution in [1.82, 2.24) is 9.78 Å². The summed E-state index contributed by atoms with van der Waals surface area (Å²) in [6.45, 7) is 5.50. The molecule has 1 aromatic carbocycles. The maximum absolute atomic E-state index is 12.1. The Kier molecular flexibility index (Phi) is 4.01. The molecular formula is C13H14Br2N2O2. The van der Waals surface area contributed by atoms with E-state index in [1.165, 1.54) is 4.68 Å². The third-order valence-corrected chi connectivity index (χ3v) is 3.48. The Morgan fingerprint density at radius 2 is 2.11 bits per heavy atom. The standard InChI is InChI=1S/C13H14Br2N2O2/c1-13(2,3)19-12(18)17-11-8(6-14)4-10(15)5-9(11)7-16-17/h4-5,7H,6H2,1-3H3. The molecule has 2 rings (SSSR count). The highest BCUT2D eigenvalue weighted by molar-refractivity contribution is 9.10.